The molecule has 8 N–H and O–H groups in total. The highest BCUT2D eigenvalue weighted by molar-refractivity contribution is 8.06. The molecule has 0 saturated carbocycles. The maximum atomic E-state index is 14.0. The molecule has 0 heterocycles. The van der Waals surface area contributed by atoms with Gasteiger partial charge >= 0.3 is 21.3 Å². The first-order valence-electron chi connectivity index (χ1n) is 29.6. The van der Waals surface area contributed by atoms with Crippen molar-refractivity contribution >= 4 is 61.8 Å². The van der Waals surface area contributed by atoms with Crippen molar-refractivity contribution in [3.05, 3.63) is 94.1 Å². The number of hydrogen-bond acceptors (Lipinski definition) is 13. The number of aliphatic hydroxyl groups is 2. The van der Waals surface area contributed by atoms with Crippen molar-refractivity contribution in [1.82, 2.24) is 24.2 Å². The van der Waals surface area contributed by atoms with Gasteiger partial charge in [-0.3, -0.25) is 8.75 Å². The van der Waals surface area contributed by atoms with E-state index in [0.29, 0.717) is 48.6 Å². The number of aromatic hydroxyl groups is 2. The van der Waals surface area contributed by atoms with Crippen LogP contribution in [-0.2, 0) is 40.8 Å². The number of halogens is 2. The number of hydrogen-bond donors (Lipinski definition) is 7. The summed E-state index contributed by atoms with van der Waals surface area (Å²) >= 11 is 10.2. The molecule has 2 unspecified atom stereocenters. The lowest BCUT2D eigenvalue weighted by Crippen LogP contribution is -2.27. The number of phenols is 2. The van der Waals surface area contributed by atoms with Crippen LogP contribution in [0.25, 0.3) is 0 Å². The monoisotopic (exact) mass is 1300 g/mol. The molecule has 0 amide bonds. The highest BCUT2D eigenvalue weighted by atomic mass is 35.9. The summed E-state index contributed by atoms with van der Waals surface area (Å²) in [5.41, 5.74) is 12.8. The summed E-state index contributed by atoms with van der Waals surface area (Å²) in [5, 5.41) is 45.6. The molecule has 18 nitrogen and oxygen atoms in total. The summed E-state index contributed by atoms with van der Waals surface area (Å²) in [6, 6.07) is 7.50. The summed E-state index contributed by atoms with van der Waals surface area (Å²) in [4.78, 5) is 0. The zero-order valence-corrected chi connectivity index (χ0v) is 57.8. The van der Waals surface area contributed by atoms with Crippen molar-refractivity contribution in [1.29, 1.82) is 0 Å². The fourth-order valence-corrected chi connectivity index (χ4v) is 12.2. The molecule has 2 aliphatic carbocycles. The van der Waals surface area contributed by atoms with Crippen LogP contribution in [0.4, 0.5) is 0 Å². The number of unbranched alkanes of at least 4 members (excludes halogenated alkanes) is 4. The van der Waals surface area contributed by atoms with Crippen molar-refractivity contribution in [2.24, 2.45) is 17.6 Å². The Hall–Kier alpha value is -2.48. The minimum atomic E-state index is -3.58. The molecule has 4 rings (SSSR count). The summed E-state index contributed by atoms with van der Waals surface area (Å²) in [6.45, 7) is 22.3. The lowest BCUT2D eigenvalue weighted by Gasteiger charge is -2.33. The second-order valence-corrected chi connectivity index (χ2v) is 33.1. The van der Waals surface area contributed by atoms with Gasteiger partial charge in [0.2, 0.25) is 0 Å². The number of nitrogens with two attached hydrogens (primary N) is 1. The third-order valence-electron chi connectivity index (χ3n) is 13.8. The van der Waals surface area contributed by atoms with Gasteiger partial charge in [0.15, 0.2) is 0 Å². The third-order valence-corrected chi connectivity index (χ3v) is 21.4. The van der Waals surface area contributed by atoms with E-state index in [1.54, 1.807) is 47.0 Å². The Morgan fingerprint density at radius 2 is 1.08 bits per heavy atom. The molecule has 6 atom stereocenters. The molecular weight excluding hydrogens is 1190 g/mol. The lowest BCUT2D eigenvalue weighted by molar-refractivity contribution is 0.287. The van der Waals surface area contributed by atoms with Gasteiger partial charge in [0.1, 0.15) is 23.0 Å². The van der Waals surface area contributed by atoms with Gasteiger partial charge < -0.3 is 35.2 Å². The Morgan fingerprint density at radius 1 is 0.714 bits per heavy atom. The smallest absolute Gasteiger partial charge is 0.392 e. The standard InChI is InChI=1S/C27H45N2O6PS.C26H43N2O4P.C3H9NO.C2H6Cl2NOP.CH3B/c1-8-9-10-12-22-18-25(30)27(24-17-21(4)13-14-23(24)20(2)3)26(19-22)35-36(31,29(5)6)28-15-11-16-34-37(7,32)33;1-7-8-9-11-21-17-24(30)26(23-16-20(4)12-13-22(23)19(2)3)25(18-21)32-33(31,28(5)6)27-14-10-15-29;4-2-1-3-5;1-5(2)7(3,4)6;1-2/h17-19,23-24,30H,2,8-16H2,1,3-7H3,(H,28,31);16-18,22-23,29-30H,2,7-15H2,1,3-6H3,(H,27,31);5H,1-4H2;1-2H3;1H3/t23-,24+,36?;22-,23+,33?;;;/m00.../s1/i;;;;1D. The Kier molecular flexibility index (Phi) is 39.5. The molecular formula is C59H106BCl2N6O12P3S. The van der Waals surface area contributed by atoms with Crippen LogP contribution in [0.1, 0.15) is 160 Å². The molecule has 84 heavy (non-hydrogen) atoms. The van der Waals surface area contributed by atoms with Crippen LogP contribution in [0, 0.1) is 11.8 Å². The molecule has 0 spiro atoms. The normalized spacial score (nSPS) is 18.6. The van der Waals surface area contributed by atoms with E-state index in [2.05, 4.69) is 71.0 Å². The molecule has 0 fully saturated rings. The average Bonchev–Trinajstić information content (AvgIpc) is 2.62. The maximum absolute atomic E-state index is 14.0. The lowest BCUT2D eigenvalue weighted by atomic mass is 9.73. The van der Waals surface area contributed by atoms with E-state index < -0.39 is 31.5 Å². The minimum absolute atomic E-state index is 0. The number of nitrogens with zero attached hydrogens (tertiary/aromatic N) is 3. The SMILES string of the molecule is C=C(C)[C@@H]1CCC(C)=C[C@H]1c1c(O)cc(CCCCC)cc1OP(=O)(NCCCO)N(C)C.C=C(C)[C@@H]1CCC(C)=C[C@H]1c1c(O)cc(CCCCC)cc1OP(=O)(NCCCOS(C)(=O)=O)N(C)C.CN(C)P(=O)(Cl)Cl.NCCCO.[2H]C[B]. The second kappa shape index (κ2) is 41.7. The Morgan fingerprint density at radius 3 is 1.37 bits per heavy atom. The van der Waals surface area contributed by atoms with Crippen molar-refractivity contribution in [2.45, 2.75) is 156 Å². The molecule has 0 bridgehead atoms. The van der Waals surface area contributed by atoms with Crippen molar-refractivity contribution in [3.63, 3.8) is 0 Å². The van der Waals surface area contributed by atoms with Crippen molar-refractivity contribution < 1.29 is 57.1 Å². The van der Waals surface area contributed by atoms with E-state index in [-0.39, 0.29) is 68.3 Å². The number of nitrogens with one attached hydrogen (secondary N) is 2. The van der Waals surface area contributed by atoms with Crippen LogP contribution in [0.2, 0.25) is 6.80 Å². The molecule has 2 aliphatic rings. The van der Waals surface area contributed by atoms with Gasteiger partial charge in [-0.15, -0.1) is 0 Å². The molecule has 0 aliphatic heterocycles. The quantitative estimate of drug-likeness (QED) is 0.0122. The summed E-state index contributed by atoms with van der Waals surface area (Å²) in [5.74, 6) is -1.73. The molecule has 0 aromatic heterocycles. The van der Waals surface area contributed by atoms with Crippen LogP contribution in [-0.4, -0.2) is 139 Å². The summed E-state index contributed by atoms with van der Waals surface area (Å²) < 4.78 is 88.1. The zero-order chi connectivity index (χ0) is 65.3. The van der Waals surface area contributed by atoms with Gasteiger partial charge in [-0.05, 0) is 217 Å². The zero-order valence-electron chi connectivity index (χ0n) is 53.8. The van der Waals surface area contributed by atoms with Gasteiger partial charge in [-0.2, -0.15) is 8.42 Å². The predicted molar refractivity (Wildman–Crippen MR) is 353 cm³/mol. The predicted octanol–water partition coefficient (Wildman–Crippen LogP) is 14.0. The molecule has 2 aromatic carbocycles. The van der Waals surface area contributed by atoms with E-state index in [9.17, 15) is 32.3 Å². The van der Waals surface area contributed by atoms with Crippen LogP contribution in [0.5, 0.6) is 23.0 Å². The first-order valence-corrected chi connectivity index (χ1v) is 37.4. The molecule has 25 heteroatoms. The van der Waals surface area contributed by atoms with Crippen molar-refractivity contribution in [2.75, 3.05) is 88.0 Å². The van der Waals surface area contributed by atoms with Crippen LogP contribution in [0.15, 0.2) is 71.9 Å². The Bertz CT molecular complexity index is 2650. The number of rotatable bonds is 31. The number of aliphatic hydroxyl groups excluding tert-OH is 2. The van der Waals surface area contributed by atoms with Gasteiger partial charge in [-0.1, -0.05) is 93.9 Å². The number of phenolic OH excluding ortho intramolecular Hbond substituents is 2. The number of allylic oxidation sites excluding steroid dienone is 6. The minimum Gasteiger partial charge on any atom is -0.507 e. The maximum Gasteiger partial charge on any atom is 0.392 e. The highest BCUT2D eigenvalue weighted by Gasteiger charge is 2.37. The number of benzene rings is 2. The van der Waals surface area contributed by atoms with Crippen LogP contribution < -0.4 is 25.0 Å². The average molecular weight is 1300 g/mol. The van der Waals surface area contributed by atoms with Crippen LogP contribution in [0.3, 0.4) is 0 Å². The summed E-state index contributed by atoms with van der Waals surface area (Å²) in [6.07, 6.45) is 18.7. The van der Waals surface area contributed by atoms with E-state index in [0.717, 1.165) is 112 Å². The topological polar surface area (TPSA) is 254 Å². The van der Waals surface area contributed by atoms with Crippen molar-refractivity contribution in [3.8, 4) is 23.0 Å². The first-order chi connectivity index (χ1) is 39.7. The molecule has 2 aromatic rings. The molecule has 2 radical (unpaired) electrons. The largest absolute Gasteiger partial charge is 0.507 e. The van der Waals surface area contributed by atoms with E-state index in [1.165, 1.54) is 20.5 Å². The molecule has 482 valence electrons. The van der Waals surface area contributed by atoms with Gasteiger partial charge in [0, 0.05) is 50.6 Å². The Balaban J connectivity index is 0.00000134. The Labute approximate surface area is 519 Å². The van der Waals surface area contributed by atoms with E-state index in [1.807, 2.05) is 38.1 Å². The molecule has 0 saturated heterocycles. The first kappa shape index (κ1) is 79.5. The second-order valence-electron chi connectivity index (χ2n) is 21.9. The van der Waals surface area contributed by atoms with Crippen LogP contribution >= 0.6 is 43.8 Å². The fraction of sp³-hybridized carbons (Fsp3) is 0.661. The van der Waals surface area contributed by atoms with E-state index in [4.69, 9.17) is 53.0 Å². The third kappa shape index (κ3) is 30.2. The van der Waals surface area contributed by atoms with Gasteiger partial charge in [-0.25, -0.2) is 33.3 Å². The van der Waals surface area contributed by atoms with Gasteiger partial charge in [0.25, 0.3) is 10.1 Å². The highest BCUT2D eigenvalue weighted by Crippen LogP contribution is 2.58. The fourth-order valence-electron chi connectivity index (χ4n) is 9.09. The van der Waals surface area contributed by atoms with E-state index >= 15 is 0 Å². The summed E-state index contributed by atoms with van der Waals surface area (Å²) in [7, 11) is 3.81. The number of aryl methyl sites for hydroxylation is 2. The van der Waals surface area contributed by atoms with Gasteiger partial charge in [0.05, 0.1) is 20.7 Å².